The first kappa shape index (κ1) is 12.6. The van der Waals surface area contributed by atoms with Gasteiger partial charge in [0, 0.05) is 13.6 Å². The van der Waals surface area contributed by atoms with E-state index in [0.717, 1.165) is 17.9 Å². The minimum Gasteiger partial charge on any atom is -0.378 e. The van der Waals surface area contributed by atoms with E-state index in [9.17, 15) is 0 Å². The van der Waals surface area contributed by atoms with Crippen LogP contribution in [0, 0.1) is 6.92 Å². The first-order valence-electron chi connectivity index (χ1n) is 5.04. The van der Waals surface area contributed by atoms with Crippen molar-refractivity contribution in [2.75, 3.05) is 5.32 Å². The van der Waals surface area contributed by atoms with Gasteiger partial charge in [-0.2, -0.15) is 5.10 Å². The Morgan fingerprint density at radius 1 is 1.25 bits per heavy atom. The average molecular weight is 238 g/mol. The Kier molecular flexibility index (Phi) is 4.38. The summed E-state index contributed by atoms with van der Waals surface area (Å²) in [6.45, 7) is 2.90. The molecular formula is C12H16ClN3. The lowest BCUT2D eigenvalue weighted by molar-refractivity contribution is 0.740. The molecule has 0 atom stereocenters. The predicted octanol–water partition coefficient (Wildman–Crippen LogP) is 2.76. The largest absolute Gasteiger partial charge is 0.378 e. The Morgan fingerprint density at radius 2 is 1.94 bits per heavy atom. The second-order valence-corrected chi connectivity index (χ2v) is 3.61. The highest BCUT2D eigenvalue weighted by molar-refractivity contribution is 5.85. The molecule has 16 heavy (non-hydrogen) atoms. The Balaban J connectivity index is 0.00000128. The minimum atomic E-state index is 0. The van der Waals surface area contributed by atoms with Crippen molar-refractivity contribution < 1.29 is 0 Å². The molecule has 0 spiro atoms. The van der Waals surface area contributed by atoms with Crippen LogP contribution in [0.1, 0.15) is 11.3 Å². The third-order valence-corrected chi connectivity index (χ3v) is 2.56. The van der Waals surface area contributed by atoms with Crippen molar-refractivity contribution in [3.8, 4) is 0 Å². The quantitative estimate of drug-likeness (QED) is 0.890. The predicted molar refractivity (Wildman–Crippen MR) is 69.0 cm³/mol. The van der Waals surface area contributed by atoms with Gasteiger partial charge in [-0.05, 0) is 12.5 Å². The number of hydrogen-bond acceptors (Lipinski definition) is 2. The number of aryl methyl sites for hydroxylation is 1. The fourth-order valence-corrected chi connectivity index (χ4v) is 1.47. The van der Waals surface area contributed by atoms with E-state index in [1.807, 2.05) is 36.1 Å². The molecule has 2 aromatic rings. The minimum absolute atomic E-state index is 0. The van der Waals surface area contributed by atoms with Crippen LogP contribution in [0.3, 0.4) is 0 Å². The molecule has 0 amide bonds. The summed E-state index contributed by atoms with van der Waals surface area (Å²) in [4.78, 5) is 0. The number of rotatable bonds is 3. The first-order chi connectivity index (χ1) is 7.27. The molecule has 0 saturated heterocycles. The molecule has 1 aromatic heterocycles. The van der Waals surface area contributed by atoms with E-state index in [2.05, 4.69) is 29.5 Å². The molecular weight excluding hydrogens is 222 g/mol. The van der Waals surface area contributed by atoms with Crippen LogP contribution < -0.4 is 5.32 Å². The molecule has 0 unspecified atom stereocenters. The van der Waals surface area contributed by atoms with Gasteiger partial charge in [0.05, 0.1) is 17.6 Å². The molecule has 0 aliphatic heterocycles. The van der Waals surface area contributed by atoms with Crippen LogP contribution in [-0.4, -0.2) is 9.78 Å². The lowest BCUT2D eigenvalue weighted by Crippen LogP contribution is -2.00. The van der Waals surface area contributed by atoms with Crippen LogP contribution in [0.2, 0.25) is 0 Å². The summed E-state index contributed by atoms with van der Waals surface area (Å²) >= 11 is 0. The highest BCUT2D eigenvalue weighted by Crippen LogP contribution is 2.13. The summed E-state index contributed by atoms with van der Waals surface area (Å²) in [6.07, 6.45) is 1.86. The SMILES string of the molecule is Cc1c(NCc2ccccc2)cnn1C.Cl. The second kappa shape index (κ2) is 5.56. The van der Waals surface area contributed by atoms with E-state index in [-0.39, 0.29) is 12.4 Å². The van der Waals surface area contributed by atoms with Crippen molar-refractivity contribution in [3.05, 3.63) is 47.8 Å². The van der Waals surface area contributed by atoms with E-state index in [1.54, 1.807) is 0 Å². The smallest absolute Gasteiger partial charge is 0.0758 e. The third kappa shape index (κ3) is 2.76. The van der Waals surface area contributed by atoms with Gasteiger partial charge in [-0.3, -0.25) is 4.68 Å². The summed E-state index contributed by atoms with van der Waals surface area (Å²) in [5.41, 5.74) is 3.54. The van der Waals surface area contributed by atoms with Gasteiger partial charge in [0.1, 0.15) is 0 Å². The zero-order valence-corrected chi connectivity index (χ0v) is 10.3. The van der Waals surface area contributed by atoms with Gasteiger partial charge in [-0.1, -0.05) is 30.3 Å². The van der Waals surface area contributed by atoms with E-state index in [1.165, 1.54) is 5.56 Å². The van der Waals surface area contributed by atoms with Crippen molar-refractivity contribution >= 4 is 18.1 Å². The number of halogens is 1. The van der Waals surface area contributed by atoms with Gasteiger partial charge >= 0.3 is 0 Å². The zero-order valence-electron chi connectivity index (χ0n) is 9.47. The van der Waals surface area contributed by atoms with Crippen LogP contribution in [0.15, 0.2) is 36.5 Å². The van der Waals surface area contributed by atoms with Gasteiger partial charge in [-0.25, -0.2) is 0 Å². The van der Waals surface area contributed by atoms with E-state index in [0.29, 0.717) is 0 Å². The summed E-state index contributed by atoms with van der Waals surface area (Å²) in [5.74, 6) is 0. The Hall–Kier alpha value is -1.48. The maximum absolute atomic E-state index is 4.18. The van der Waals surface area contributed by atoms with Crippen LogP contribution in [-0.2, 0) is 13.6 Å². The topological polar surface area (TPSA) is 29.9 Å². The molecule has 1 heterocycles. The van der Waals surface area contributed by atoms with Crippen molar-refractivity contribution in [1.29, 1.82) is 0 Å². The highest BCUT2D eigenvalue weighted by atomic mass is 35.5. The maximum Gasteiger partial charge on any atom is 0.0758 e. The molecule has 0 aliphatic carbocycles. The molecule has 86 valence electrons. The summed E-state index contributed by atoms with van der Waals surface area (Å²) in [7, 11) is 1.95. The Morgan fingerprint density at radius 3 is 2.50 bits per heavy atom. The summed E-state index contributed by atoms with van der Waals surface area (Å²) in [5, 5.41) is 7.55. The standard InChI is InChI=1S/C12H15N3.ClH/c1-10-12(9-14-15(10)2)13-8-11-6-4-3-5-7-11;/h3-7,9,13H,8H2,1-2H3;1H. The maximum atomic E-state index is 4.18. The van der Waals surface area contributed by atoms with Crippen molar-refractivity contribution in [1.82, 2.24) is 9.78 Å². The molecule has 0 radical (unpaired) electrons. The first-order valence-corrected chi connectivity index (χ1v) is 5.04. The highest BCUT2D eigenvalue weighted by Gasteiger charge is 2.01. The molecule has 4 heteroatoms. The molecule has 3 nitrogen and oxygen atoms in total. The number of nitrogens with one attached hydrogen (secondary N) is 1. The molecule has 0 bridgehead atoms. The van der Waals surface area contributed by atoms with Crippen molar-refractivity contribution in [3.63, 3.8) is 0 Å². The van der Waals surface area contributed by atoms with Crippen LogP contribution in [0.25, 0.3) is 0 Å². The zero-order chi connectivity index (χ0) is 10.7. The van der Waals surface area contributed by atoms with E-state index >= 15 is 0 Å². The normalized spacial score (nSPS) is 9.62. The lowest BCUT2D eigenvalue weighted by Gasteiger charge is -2.05. The van der Waals surface area contributed by atoms with Gasteiger partial charge < -0.3 is 5.32 Å². The van der Waals surface area contributed by atoms with Gasteiger partial charge in [0.25, 0.3) is 0 Å². The summed E-state index contributed by atoms with van der Waals surface area (Å²) < 4.78 is 1.87. The van der Waals surface area contributed by atoms with Crippen LogP contribution >= 0.6 is 12.4 Å². The fraction of sp³-hybridized carbons (Fsp3) is 0.250. The molecule has 1 aromatic carbocycles. The van der Waals surface area contributed by atoms with E-state index in [4.69, 9.17) is 0 Å². The Bertz CT molecular complexity index is 437. The molecule has 1 N–H and O–H groups in total. The summed E-state index contributed by atoms with van der Waals surface area (Å²) in [6, 6.07) is 10.3. The van der Waals surface area contributed by atoms with Gasteiger partial charge in [0.2, 0.25) is 0 Å². The van der Waals surface area contributed by atoms with Crippen molar-refractivity contribution in [2.45, 2.75) is 13.5 Å². The monoisotopic (exact) mass is 237 g/mol. The third-order valence-electron chi connectivity index (χ3n) is 2.56. The molecule has 0 aliphatic rings. The number of anilines is 1. The Labute approximate surface area is 102 Å². The van der Waals surface area contributed by atoms with E-state index < -0.39 is 0 Å². The number of aromatic nitrogens is 2. The van der Waals surface area contributed by atoms with Crippen LogP contribution in [0.4, 0.5) is 5.69 Å². The number of nitrogens with zero attached hydrogens (tertiary/aromatic N) is 2. The number of benzene rings is 1. The van der Waals surface area contributed by atoms with Gasteiger partial charge in [-0.15, -0.1) is 12.4 Å². The second-order valence-electron chi connectivity index (χ2n) is 3.61. The van der Waals surface area contributed by atoms with Crippen molar-refractivity contribution in [2.24, 2.45) is 7.05 Å². The van der Waals surface area contributed by atoms with Crippen LogP contribution in [0.5, 0.6) is 0 Å². The number of hydrogen-bond donors (Lipinski definition) is 1. The van der Waals surface area contributed by atoms with Gasteiger partial charge in [0.15, 0.2) is 0 Å². The molecule has 0 fully saturated rings. The lowest BCUT2D eigenvalue weighted by atomic mass is 10.2. The molecule has 0 saturated carbocycles. The fourth-order valence-electron chi connectivity index (χ4n) is 1.47. The average Bonchev–Trinajstić information content (AvgIpc) is 2.59. The molecule has 2 rings (SSSR count).